The molecule has 6 amide bonds. The van der Waals surface area contributed by atoms with Gasteiger partial charge in [0.1, 0.15) is 18.1 Å². The van der Waals surface area contributed by atoms with Gasteiger partial charge >= 0.3 is 13.3 Å². The molecule has 3 aromatic carbocycles. The third kappa shape index (κ3) is 11.8. The van der Waals surface area contributed by atoms with E-state index in [0.717, 1.165) is 53.9 Å². The molecule has 4 aliphatic rings. The van der Waals surface area contributed by atoms with E-state index >= 15 is 0 Å². The Morgan fingerprint density at radius 3 is 2.43 bits per heavy atom. The average Bonchev–Trinajstić information content (AvgIpc) is 4.07. The standard InChI is InChI=1S/C52H60F2N5O12PS2/c1-51(2,3)45(56-47(62)42-27-34-26-35(19-21-41(34)73-42)52(53,54)72(66,67)68)50(65)58-29-36(28-40(58)49(64)57-23-25-74(69,70)43(31-57)33-15-10-8-11-16-33)71-24-12-7-5-4-6-9-14-32-17-13-18-37-38(32)30-59(48(37)63)39-20-22-44(60)55-46(39)61/h8,10-11,13,15-19,21,26-27,36,39-40,43,45,69-70H,4-7,12,20,22-25,28-31H2,1-3H3,(H,56,62)(H,55,60,61)(H2,66,67,68)/t36-,39?,40-,43?,45+/m0/s1. The maximum Gasteiger partial charge on any atom is 0.399 e. The number of rotatable bonds is 15. The van der Waals surface area contributed by atoms with Crippen molar-refractivity contribution in [3.8, 4) is 11.8 Å². The van der Waals surface area contributed by atoms with Crippen LogP contribution in [0.25, 0.3) is 10.1 Å². The molecule has 6 N–H and O–H groups in total. The lowest BCUT2D eigenvalue weighted by atomic mass is 9.85. The topological polar surface area (TPSA) is 243 Å². The first-order valence-electron chi connectivity index (χ1n) is 24.5. The van der Waals surface area contributed by atoms with Crippen LogP contribution in [-0.4, -0.2) is 125 Å². The van der Waals surface area contributed by atoms with Crippen molar-refractivity contribution in [1.29, 1.82) is 0 Å². The van der Waals surface area contributed by atoms with Gasteiger partial charge in [-0.2, -0.15) is 19.4 Å². The van der Waals surface area contributed by atoms with Gasteiger partial charge in [0.15, 0.2) is 0 Å². The third-order valence-corrected chi connectivity index (χ3v) is 18.2. The highest BCUT2D eigenvalue weighted by atomic mass is 32.3. The maximum atomic E-state index is 14.9. The number of amides is 6. The molecule has 8 rings (SSSR count). The molecule has 5 atom stereocenters. The molecule has 1 aromatic heterocycles. The number of alkyl halides is 2. The fourth-order valence-corrected chi connectivity index (χ4v) is 13.1. The lowest BCUT2D eigenvalue weighted by Gasteiger charge is -2.48. The van der Waals surface area contributed by atoms with Crippen LogP contribution in [0.4, 0.5) is 8.78 Å². The molecule has 3 fully saturated rings. The second kappa shape index (κ2) is 22.0. The van der Waals surface area contributed by atoms with Crippen LogP contribution >= 0.6 is 29.5 Å². The lowest BCUT2D eigenvalue weighted by molar-refractivity contribution is -0.146. The van der Waals surface area contributed by atoms with Gasteiger partial charge in [-0.05, 0) is 71.5 Å². The Labute approximate surface area is 432 Å². The summed E-state index contributed by atoms with van der Waals surface area (Å²) >= 11 is 0.945. The first-order valence-corrected chi connectivity index (χ1v) is 28.7. The minimum atomic E-state index is -5.85. The summed E-state index contributed by atoms with van der Waals surface area (Å²) in [6, 6.07) is 15.7. The minimum absolute atomic E-state index is 0.00315. The largest absolute Gasteiger partial charge is 0.399 e. The molecule has 4 aromatic rings. The SMILES string of the molecule is CC(C)(C)[C@H](NC(=O)c1cc2cc(C(F)(F)P(=O)(O)O)ccc2s1)C(=O)N1C[C@@H](OCCCCCCC#Cc2cccc3c2CN(C2CCC(=O)NC2=O)C3=O)C[C@H]1C(=O)N1CCS(O)(O)C(c2ccccc2)C1. The Balaban J connectivity index is 0.908. The number of benzene rings is 3. The molecule has 0 aliphatic carbocycles. The summed E-state index contributed by atoms with van der Waals surface area (Å²) < 4.78 is 69.7. The first kappa shape index (κ1) is 54.7. The van der Waals surface area contributed by atoms with Crippen molar-refractivity contribution >= 4 is 75.1 Å². The first-order chi connectivity index (χ1) is 34.9. The highest BCUT2D eigenvalue weighted by Crippen LogP contribution is 2.59. The second-order valence-electron chi connectivity index (χ2n) is 20.3. The van der Waals surface area contributed by atoms with Gasteiger partial charge in [-0.15, -0.1) is 11.3 Å². The van der Waals surface area contributed by atoms with E-state index in [1.165, 1.54) is 21.9 Å². The number of carbonyl (C=O) groups is 6. The summed E-state index contributed by atoms with van der Waals surface area (Å²) in [6.07, 6.45) is 3.75. The van der Waals surface area contributed by atoms with Crippen LogP contribution in [0.3, 0.4) is 0 Å². The number of unbranched alkanes of at least 4 members (excludes halogenated alkanes) is 4. The Morgan fingerprint density at radius 1 is 0.973 bits per heavy atom. The molecule has 0 radical (unpaired) electrons. The number of imide groups is 1. The number of carbonyl (C=O) groups excluding carboxylic acids is 6. The Bertz CT molecular complexity index is 2950. The van der Waals surface area contributed by atoms with Gasteiger partial charge in [0.25, 0.3) is 11.8 Å². The summed E-state index contributed by atoms with van der Waals surface area (Å²) in [5.41, 5.74) is -3.65. The van der Waals surface area contributed by atoms with Gasteiger partial charge in [0.05, 0.1) is 22.0 Å². The molecule has 0 bridgehead atoms. The highest BCUT2D eigenvalue weighted by Gasteiger charge is 2.51. The Kier molecular flexibility index (Phi) is 16.2. The van der Waals surface area contributed by atoms with E-state index in [-0.39, 0.29) is 73.3 Å². The van der Waals surface area contributed by atoms with Gasteiger partial charge in [-0.1, -0.05) is 87.9 Å². The van der Waals surface area contributed by atoms with Crippen molar-refractivity contribution in [2.45, 2.75) is 114 Å². The van der Waals surface area contributed by atoms with E-state index in [9.17, 15) is 61.0 Å². The number of ether oxygens (including phenoxy) is 1. The molecule has 0 saturated carbocycles. The number of hydrogen-bond acceptors (Lipinski definition) is 11. The van der Waals surface area contributed by atoms with Crippen LogP contribution in [0.5, 0.6) is 0 Å². The van der Waals surface area contributed by atoms with Gasteiger partial charge in [-0.25, -0.2) is 0 Å². The van der Waals surface area contributed by atoms with Gasteiger partial charge in [0.2, 0.25) is 23.6 Å². The van der Waals surface area contributed by atoms with Crippen LogP contribution in [0.15, 0.2) is 72.8 Å². The zero-order chi connectivity index (χ0) is 53.3. The number of thiophene rings is 1. The molecule has 396 valence electrons. The van der Waals surface area contributed by atoms with E-state index in [1.54, 1.807) is 62.1 Å². The van der Waals surface area contributed by atoms with Crippen LogP contribution in [-0.2, 0) is 40.7 Å². The summed E-state index contributed by atoms with van der Waals surface area (Å²) in [5.74, 6) is 3.63. The predicted octanol–water partition coefficient (Wildman–Crippen LogP) is 7.36. The molecule has 3 saturated heterocycles. The number of halogens is 2. The molecule has 5 heterocycles. The quantitative estimate of drug-likeness (QED) is 0.0296. The van der Waals surface area contributed by atoms with E-state index < -0.39 is 87.9 Å². The van der Waals surface area contributed by atoms with Crippen molar-refractivity contribution < 1.29 is 65.7 Å². The van der Waals surface area contributed by atoms with Crippen molar-refractivity contribution in [2.24, 2.45) is 5.41 Å². The normalized spacial score (nSPS) is 22.0. The average molecular weight is 1080 g/mol. The number of likely N-dealkylation sites (tertiary alicyclic amines) is 1. The van der Waals surface area contributed by atoms with E-state index in [2.05, 4.69) is 22.5 Å². The van der Waals surface area contributed by atoms with E-state index in [4.69, 9.17) is 4.74 Å². The van der Waals surface area contributed by atoms with Gasteiger partial charge in [-0.3, -0.25) is 47.8 Å². The summed E-state index contributed by atoms with van der Waals surface area (Å²) in [4.78, 5) is 104. The number of hydrogen-bond donors (Lipinski definition) is 6. The zero-order valence-electron chi connectivity index (χ0n) is 41.1. The predicted molar refractivity (Wildman–Crippen MR) is 274 cm³/mol. The van der Waals surface area contributed by atoms with Crippen LogP contribution in [0.1, 0.15) is 120 Å². The highest BCUT2D eigenvalue weighted by molar-refractivity contribution is 8.24. The number of nitrogens with one attached hydrogen (secondary N) is 2. The maximum absolute atomic E-state index is 14.9. The molecular weight excluding hydrogens is 1020 g/mol. The molecule has 17 nitrogen and oxygen atoms in total. The number of piperidine rings is 1. The Hall–Kier alpha value is -5.56. The third-order valence-electron chi connectivity index (χ3n) is 14.0. The monoisotopic (exact) mass is 1080 g/mol. The fourth-order valence-electron chi connectivity index (χ4n) is 9.90. The van der Waals surface area contributed by atoms with Crippen LogP contribution < -0.4 is 10.6 Å². The number of fused-ring (bicyclic) bond motifs is 2. The van der Waals surface area contributed by atoms with E-state index in [1.807, 2.05) is 12.1 Å². The van der Waals surface area contributed by atoms with Crippen LogP contribution in [0.2, 0.25) is 0 Å². The Morgan fingerprint density at radius 2 is 1.72 bits per heavy atom. The fraction of sp³-hybridized carbons (Fsp3) is 0.462. The summed E-state index contributed by atoms with van der Waals surface area (Å²) in [5, 5.41) is 4.53. The van der Waals surface area contributed by atoms with Gasteiger partial charge < -0.3 is 34.5 Å². The summed E-state index contributed by atoms with van der Waals surface area (Å²) in [7, 11) is -8.97. The van der Waals surface area contributed by atoms with Crippen molar-refractivity contribution in [2.75, 3.05) is 32.0 Å². The zero-order valence-corrected chi connectivity index (χ0v) is 43.7. The van der Waals surface area contributed by atoms with Crippen LogP contribution in [0, 0.1) is 17.3 Å². The second-order valence-corrected chi connectivity index (χ2v) is 25.4. The van der Waals surface area contributed by atoms with Gasteiger partial charge in [0, 0.05) is 73.4 Å². The smallest absolute Gasteiger partial charge is 0.376 e. The minimum Gasteiger partial charge on any atom is -0.376 e. The molecule has 0 spiro atoms. The van der Waals surface area contributed by atoms with Crippen molar-refractivity contribution in [3.63, 3.8) is 0 Å². The molecule has 2 unspecified atom stereocenters. The molecule has 4 aliphatic heterocycles. The summed E-state index contributed by atoms with van der Waals surface area (Å²) in [6.45, 7) is 5.89. The van der Waals surface area contributed by atoms with E-state index in [0.29, 0.717) is 35.3 Å². The van der Waals surface area contributed by atoms with Crippen molar-refractivity contribution in [3.05, 3.63) is 105 Å². The molecule has 74 heavy (non-hydrogen) atoms. The molecule has 22 heteroatoms. The van der Waals surface area contributed by atoms with Crippen molar-refractivity contribution in [1.82, 2.24) is 25.3 Å². The lowest BCUT2D eigenvalue weighted by Crippen LogP contribution is -2.58. The number of nitrogens with zero attached hydrogens (tertiary/aromatic N) is 3. The molecular formula is C52H60F2N5O12PS2.